The first kappa shape index (κ1) is 19.3. The van der Waals surface area contributed by atoms with Crippen molar-refractivity contribution in [3.63, 3.8) is 0 Å². The van der Waals surface area contributed by atoms with Crippen molar-refractivity contribution in [2.24, 2.45) is 0 Å². The lowest BCUT2D eigenvalue weighted by molar-refractivity contribution is 0.402. The molecule has 0 aliphatic carbocycles. The van der Waals surface area contributed by atoms with Gasteiger partial charge in [0.15, 0.2) is 5.11 Å². The molecule has 0 amide bonds. The molecule has 2 aromatic heterocycles. The summed E-state index contributed by atoms with van der Waals surface area (Å²) in [7, 11) is 3.32. The predicted molar refractivity (Wildman–Crippen MR) is 118 cm³/mol. The fraction of sp³-hybridized carbons (Fsp3) is 0.273. The molecule has 1 fully saturated rings. The van der Waals surface area contributed by atoms with E-state index in [9.17, 15) is 0 Å². The monoisotopic (exact) mass is 408 g/mol. The third-order valence-electron chi connectivity index (χ3n) is 5.25. The summed E-state index contributed by atoms with van der Waals surface area (Å²) in [6, 6.07) is 15.7. The molecule has 1 N–H and O–H groups in total. The van der Waals surface area contributed by atoms with Crippen molar-refractivity contribution >= 4 is 23.0 Å². The maximum atomic E-state index is 5.80. The van der Waals surface area contributed by atoms with Crippen LogP contribution in [0.5, 0.6) is 11.5 Å². The van der Waals surface area contributed by atoms with Crippen LogP contribution in [0.25, 0.3) is 0 Å². The second-order valence-corrected chi connectivity index (χ2v) is 7.14. The number of nitrogens with one attached hydrogen (secondary N) is 1. The summed E-state index contributed by atoms with van der Waals surface area (Å²) in [6.45, 7) is 3.00. The highest BCUT2D eigenvalue weighted by molar-refractivity contribution is 7.80. The molecule has 2 atom stereocenters. The van der Waals surface area contributed by atoms with Gasteiger partial charge in [0.25, 0.3) is 0 Å². The maximum Gasteiger partial charge on any atom is 0.174 e. The molecule has 3 aromatic rings. The normalized spacial score (nSPS) is 18.6. The molecule has 1 saturated heterocycles. The van der Waals surface area contributed by atoms with Crippen molar-refractivity contribution in [3.8, 4) is 11.5 Å². The van der Waals surface area contributed by atoms with Crippen LogP contribution in [0.1, 0.15) is 30.4 Å². The zero-order valence-electron chi connectivity index (χ0n) is 16.7. The second kappa shape index (κ2) is 8.13. The molecule has 7 heteroatoms. The number of aromatic nitrogens is 2. The first-order valence-electron chi connectivity index (χ1n) is 9.55. The topological polar surface area (TPSA) is 51.6 Å². The minimum absolute atomic E-state index is 0.0895. The largest absolute Gasteiger partial charge is 0.497 e. The Balaban J connectivity index is 1.89. The molecule has 0 bridgehead atoms. The van der Waals surface area contributed by atoms with Gasteiger partial charge in [-0.1, -0.05) is 6.07 Å². The molecule has 0 unspecified atom stereocenters. The summed E-state index contributed by atoms with van der Waals surface area (Å²) < 4.78 is 13.4. The summed E-state index contributed by atoms with van der Waals surface area (Å²) in [4.78, 5) is 6.71. The average molecular weight is 409 g/mol. The minimum atomic E-state index is -0.0974. The molecular weight excluding hydrogens is 384 g/mol. The Morgan fingerprint density at radius 3 is 2.66 bits per heavy atom. The van der Waals surface area contributed by atoms with Gasteiger partial charge in [-0.2, -0.15) is 0 Å². The number of methoxy groups -OCH3 is 2. The van der Waals surface area contributed by atoms with E-state index in [0.29, 0.717) is 5.11 Å². The van der Waals surface area contributed by atoms with Gasteiger partial charge in [-0.25, -0.2) is 0 Å². The second-order valence-electron chi connectivity index (χ2n) is 6.75. The van der Waals surface area contributed by atoms with E-state index in [2.05, 4.69) is 45.0 Å². The smallest absolute Gasteiger partial charge is 0.174 e. The van der Waals surface area contributed by atoms with E-state index < -0.39 is 0 Å². The van der Waals surface area contributed by atoms with E-state index in [4.69, 9.17) is 21.7 Å². The maximum absolute atomic E-state index is 5.80. The van der Waals surface area contributed by atoms with Gasteiger partial charge in [0.1, 0.15) is 17.5 Å². The lowest BCUT2D eigenvalue weighted by Crippen LogP contribution is -2.30. The van der Waals surface area contributed by atoms with Gasteiger partial charge in [0.05, 0.1) is 31.6 Å². The predicted octanol–water partition coefficient (Wildman–Crippen LogP) is 4.10. The number of thiocarbonyl (C=S) groups is 1. The average Bonchev–Trinajstić information content (AvgIpc) is 3.37. The van der Waals surface area contributed by atoms with Crippen LogP contribution in [0, 0.1) is 0 Å². The van der Waals surface area contributed by atoms with E-state index >= 15 is 0 Å². The van der Waals surface area contributed by atoms with Crippen LogP contribution in [0.4, 0.5) is 5.69 Å². The number of pyridine rings is 1. The number of ether oxygens (including phenoxy) is 2. The molecule has 0 radical (unpaired) electrons. The summed E-state index contributed by atoms with van der Waals surface area (Å²) in [6.07, 6.45) is 3.90. The third kappa shape index (κ3) is 3.42. The van der Waals surface area contributed by atoms with E-state index in [1.807, 2.05) is 42.6 Å². The standard InChI is InChI=1S/C22H24N4O2S/c1-4-25-13-7-9-17(25)21-20(16-8-5-6-12-23-16)24-22(29)26(21)18-14-15(27-2)10-11-19(18)28-3/h5-14,20-21H,4H2,1-3H3,(H,24,29)/t20-,21-/m1/s1. The zero-order valence-corrected chi connectivity index (χ0v) is 17.5. The minimum Gasteiger partial charge on any atom is -0.497 e. The van der Waals surface area contributed by atoms with Crippen molar-refractivity contribution in [2.75, 3.05) is 19.1 Å². The van der Waals surface area contributed by atoms with Crippen LogP contribution in [0.15, 0.2) is 60.9 Å². The van der Waals surface area contributed by atoms with Crippen molar-refractivity contribution in [3.05, 3.63) is 72.3 Å². The van der Waals surface area contributed by atoms with Crippen LogP contribution in [-0.4, -0.2) is 28.9 Å². The Labute approximate surface area is 176 Å². The Hall–Kier alpha value is -3.06. The number of aryl methyl sites for hydroxylation is 1. The lowest BCUT2D eigenvalue weighted by atomic mass is 10.0. The Kier molecular flexibility index (Phi) is 5.40. The summed E-state index contributed by atoms with van der Waals surface area (Å²) in [5.41, 5.74) is 2.95. The molecule has 0 spiro atoms. The Bertz CT molecular complexity index is 1010. The highest BCUT2D eigenvalue weighted by Gasteiger charge is 2.43. The molecule has 29 heavy (non-hydrogen) atoms. The first-order valence-corrected chi connectivity index (χ1v) is 9.96. The summed E-state index contributed by atoms with van der Waals surface area (Å²) >= 11 is 5.80. The first-order chi connectivity index (χ1) is 14.2. The number of rotatable bonds is 6. The van der Waals surface area contributed by atoms with Gasteiger partial charge in [0.2, 0.25) is 0 Å². The van der Waals surface area contributed by atoms with E-state index in [-0.39, 0.29) is 12.1 Å². The van der Waals surface area contributed by atoms with Gasteiger partial charge in [-0.05, 0) is 55.5 Å². The molecular formula is C22H24N4O2S. The number of hydrogen-bond acceptors (Lipinski definition) is 4. The van der Waals surface area contributed by atoms with Gasteiger partial charge < -0.3 is 24.3 Å². The van der Waals surface area contributed by atoms with E-state index in [1.54, 1.807) is 14.2 Å². The van der Waals surface area contributed by atoms with Crippen LogP contribution in [-0.2, 0) is 6.54 Å². The van der Waals surface area contributed by atoms with Crippen molar-refractivity contribution in [1.82, 2.24) is 14.9 Å². The quantitative estimate of drug-likeness (QED) is 0.620. The molecule has 0 saturated carbocycles. The van der Waals surface area contributed by atoms with Crippen LogP contribution < -0.4 is 19.7 Å². The van der Waals surface area contributed by atoms with Crippen LogP contribution >= 0.6 is 12.2 Å². The summed E-state index contributed by atoms with van der Waals surface area (Å²) in [5, 5.41) is 4.11. The zero-order chi connectivity index (χ0) is 20.4. The fourth-order valence-corrected chi connectivity index (χ4v) is 4.22. The number of nitrogens with zero attached hydrogens (tertiary/aromatic N) is 3. The Morgan fingerprint density at radius 2 is 1.97 bits per heavy atom. The highest BCUT2D eigenvalue weighted by atomic mass is 32.1. The van der Waals surface area contributed by atoms with Crippen molar-refractivity contribution < 1.29 is 9.47 Å². The van der Waals surface area contributed by atoms with E-state index in [0.717, 1.165) is 35.1 Å². The molecule has 1 aromatic carbocycles. The van der Waals surface area contributed by atoms with Crippen molar-refractivity contribution in [1.29, 1.82) is 0 Å². The molecule has 1 aliphatic rings. The Morgan fingerprint density at radius 1 is 1.10 bits per heavy atom. The SMILES string of the molecule is CCn1cccc1[C@@H]1[C@@H](c2ccccn2)NC(=S)N1c1cc(OC)ccc1OC. The molecule has 3 heterocycles. The van der Waals surface area contributed by atoms with Crippen LogP contribution in [0.3, 0.4) is 0 Å². The molecule has 6 nitrogen and oxygen atoms in total. The fourth-order valence-electron chi connectivity index (χ4n) is 3.88. The highest BCUT2D eigenvalue weighted by Crippen LogP contribution is 2.45. The summed E-state index contributed by atoms with van der Waals surface area (Å²) in [5.74, 6) is 1.48. The lowest BCUT2D eigenvalue weighted by Gasteiger charge is -2.30. The molecule has 4 rings (SSSR count). The van der Waals surface area contributed by atoms with Gasteiger partial charge in [-0.3, -0.25) is 4.98 Å². The van der Waals surface area contributed by atoms with Gasteiger partial charge in [-0.15, -0.1) is 0 Å². The number of hydrogen-bond donors (Lipinski definition) is 1. The van der Waals surface area contributed by atoms with Gasteiger partial charge >= 0.3 is 0 Å². The third-order valence-corrected chi connectivity index (χ3v) is 5.57. The molecule has 150 valence electrons. The number of anilines is 1. The van der Waals surface area contributed by atoms with Crippen LogP contribution in [0.2, 0.25) is 0 Å². The number of benzene rings is 1. The van der Waals surface area contributed by atoms with Crippen molar-refractivity contribution in [2.45, 2.75) is 25.6 Å². The molecule has 1 aliphatic heterocycles. The van der Waals surface area contributed by atoms with Gasteiger partial charge in [0, 0.05) is 30.7 Å². The van der Waals surface area contributed by atoms with E-state index in [1.165, 1.54) is 0 Å².